The Morgan fingerprint density at radius 1 is 1.18 bits per heavy atom. The molecule has 0 heterocycles. The van der Waals surface area contributed by atoms with Crippen LogP contribution in [0.4, 0.5) is 4.39 Å². The summed E-state index contributed by atoms with van der Waals surface area (Å²) in [5.41, 5.74) is 0.636. The summed E-state index contributed by atoms with van der Waals surface area (Å²) in [6.07, 6.45) is 4.68. The maximum atomic E-state index is 13.0. The summed E-state index contributed by atoms with van der Waals surface area (Å²) in [5.74, 6) is 0.587. The molecule has 0 unspecified atom stereocenters. The number of hydrogen-bond acceptors (Lipinski definition) is 2. The van der Waals surface area contributed by atoms with Crippen molar-refractivity contribution in [2.75, 3.05) is 20.2 Å². The van der Waals surface area contributed by atoms with Crippen LogP contribution in [0.3, 0.4) is 0 Å². The van der Waals surface area contributed by atoms with Crippen LogP contribution >= 0.6 is 0 Å². The maximum absolute atomic E-state index is 13.0. The number of halogens is 1. The number of ether oxygens (including phenoxy) is 1. The van der Waals surface area contributed by atoms with Crippen molar-refractivity contribution in [2.24, 2.45) is 0 Å². The molecule has 0 fully saturated rings. The van der Waals surface area contributed by atoms with Crippen LogP contribution in [0, 0.1) is 12.7 Å². The standard InChI is InChI=1S/C14H22FNO/c1-12-11-13(7-8-14(12)15)17-10-6-4-3-5-9-16-2/h7-8,11,16H,3-6,9-10H2,1-2H3. The highest BCUT2D eigenvalue weighted by molar-refractivity contribution is 5.28. The van der Waals surface area contributed by atoms with Crippen molar-refractivity contribution >= 4 is 0 Å². The maximum Gasteiger partial charge on any atom is 0.126 e. The molecule has 0 aliphatic carbocycles. The largest absolute Gasteiger partial charge is 0.494 e. The average molecular weight is 239 g/mol. The molecule has 0 spiro atoms. The highest BCUT2D eigenvalue weighted by Gasteiger charge is 1.99. The van der Waals surface area contributed by atoms with E-state index in [-0.39, 0.29) is 5.82 Å². The van der Waals surface area contributed by atoms with E-state index < -0.39 is 0 Å². The highest BCUT2D eigenvalue weighted by Crippen LogP contribution is 2.16. The van der Waals surface area contributed by atoms with Gasteiger partial charge in [0.25, 0.3) is 0 Å². The van der Waals surface area contributed by atoms with Crippen molar-refractivity contribution in [1.82, 2.24) is 5.32 Å². The summed E-state index contributed by atoms with van der Waals surface area (Å²) in [5, 5.41) is 3.13. The zero-order valence-corrected chi connectivity index (χ0v) is 10.8. The van der Waals surface area contributed by atoms with Crippen molar-refractivity contribution in [3.05, 3.63) is 29.6 Å². The quantitative estimate of drug-likeness (QED) is 0.703. The van der Waals surface area contributed by atoms with Gasteiger partial charge in [0.1, 0.15) is 11.6 Å². The van der Waals surface area contributed by atoms with Crippen molar-refractivity contribution in [1.29, 1.82) is 0 Å². The Bertz CT molecular complexity index is 328. The minimum absolute atomic E-state index is 0.176. The lowest BCUT2D eigenvalue weighted by molar-refractivity contribution is 0.304. The van der Waals surface area contributed by atoms with E-state index in [1.54, 1.807) is 19.1 Å². The summed E-state index contributed by atoms with van der Waals surface area (Å²) in [6, 6.07) is 4.89. The average Bonchev–Trinajstić information content (AvgIpc) is 2.32. The fourth-order valence-corrected chi connectivity index (χ4v) is 1.65. The first kappa shape index (κ1) is 14.0. The van der Waals surface area contributed by atoms with E-state index in [0.717, 1.165) is 18.7 Å². The van der Waals surface area contributed by atoms with Crippen LogP contribution in [0.2, 0.25) is 0 Å². The van der Waals surface area contributed by atoms with Gasteiger partial charge in [-0.1, -0.05) is 12.8 Å². The molecular formula is C14H22FNO. The Morgan fingerprint density at radius 3 is 2.65 bits per heavy atom. The van der Waals surface area contributed by atoms with Crippen molar-refractivity contribution in [3.63, 3.8) is 0 Å². The van der Waals surface area contributed by atoms with Crippen LogP contribution in [-0.4, -0.2) is 20.2 Å². The second-order valence-electron chi connectivity index (χ2n) is 4.28. The molecule has 17 heavy (non-hydrogen) atoms. The lowest BCUT2D eigenvalue weighted by Crippen LogP contribution is -2.07. The molecule has 0 saturated heterocycles. The molecule has 0 atom stereocenters. The zero-order valence-electron chi connectivity index (χ0n) is 10.8. The summed E-state index contributed by atoms with van der Waals surface area (Å²) in [4.78, 5) is 0. The number of nitrogens with one attached hydrogen (secondary N) is 1. The molecule has 0 saturated carbocycles. The molecule has 0 aliphatic heterocycles. The first-order valence-electron chi connectivity index (χ1n) is 6.27. The van der Waals surface area contributed by atoms with E-state index in [1.807, 2.05) is 7.05 Å². The van der Waals surface area contributed by atoms with Crippen molar-refractivity contribution in [2.45, 2.75) is 32.6 Å². The van der Waals surface area contributed by atoms with Gasteiger partial charge in [0.15, 0.2) is 0 Å². The Morgan fingerprint density at radius 2 is 1.94 bits per heavy atom. The van der Waals surface area contributed by atoms with Gasteiger partial charge in [-0.3, -0.25) is 0 Å². The number of rotatable bonds is 8. The second-order valence-corrected chi connectivity index (χ2v) is 4.28. The van der Waals surface area contributed by atoms with Crippen LogP contribution < -0.4 is 10.1 Å². The SMILES string of the molecule is CNCCCCCCOc1ccc(F)c(C)c1. The van der Waals surface area contributed by atoms with Crippen LogP contribution in [0.1, 0.15) is 31.2 Å². The third-order valence-electron chi connectivity index (χ3n) is 2.72. The van der Waals surface area contributed by atoms with Crippen LogP contribution in [0.25, 0.3) is 0 Å². The normalized spacial score (nSPS) is 10.5. The van der Waals surface area contributed by atoms with E-state index in [2.05, 4.69) is 5.32 Å². The molecule has 96 valence electrons. The third-order valence-corrected chi connectivity index (χ3v) is 2.72. The van der Waals surface area contributed by atoms with Gasteiger partial charge in [-0.15, -0.1) is 0 Å². The van der Waals surface area contributed by atoms with Crippen LogP contribution in [0.5, 0.6) is 5.75 Å². The van der Waals surface area contributed by atoms with Gasteiger partial charge in [0, 0.05) is 0 Å². The Hall–Kier alpha value is -1.09. The molecule has 1 rings (SSSR count). The topological polar surface area (TPSA) is 21.3 Å². The van der Waals surface area contributed by atoms with E-state index >= 15 is 0 Å². The summed E-state index contributed by atoms with van der Waals surface area (Å²) in [7, 11) is 1.97. The lowest BCUT2D eigenvalue weighted by atomic mass is 10.2. The smallest absolute Gasteiger partial charge is 0.126 e. The van der Waals surface area contributed by atoms with Crippen molar-refractivity contribution < 1.29 is 9.13 Å². The Kier molecular flexibility index (Phi) is 6.63. The second kappa shape index (κ2) is 8.07. The fraction of sp³-hybridized carbons (Fsp3) is 0.571. The van der Waals surface area contributed by atoms with Gasteiger partial charge >= 0.3 is 0 Å². The van der Waals surface area contributed by atoms with Crippen molar-refractivity contribution in [3.8, 4) is 5.75 Å². The molecule has 1 aromatic carbocycles. The summed E-state index contributed by atoms with van der Waals surface area (Å²) in [6.45, 7) is 3.54. The van der Waals surface area contributed by atoms with E-state index in [4.69, 9.17) is 4.74 Å². The molecule has 0 amide bonds. The first-order valence-corrected chi connectivity index (χ1v) is 6.27. The van der Waals surface area contributed by atoms with Gasteiger partial charge in [-0.2, -0.15) is 0 Å². The monoisotopic (exact) mass is 239 g/mol. The molecule has 0 radical (unpaired) electrons. The molecular weight excluding hydrogens is 217 g/mol. The van der Waals surface area contributed by atoms with Gasteiger partial charge in [-0.05, 0) is 57.1 Å². The fourth-order valence-electron chi connectivity index (χ4n) is 1.65. The highest BCUT2D eigenvalue weighted by atomic mass is 19.1. The number of unbranched alkanes of at least 4 members (excludes halogenated alkanes) is 3. The summed E-state index contributed by atoms with van der Waals surface area (Å²) >= 11 is 0. The van der Waals surface area contributed by atoms with Crippen LogP contribution in [-0.2, 0) is 0 Å². The third kappa shape index (κ3) is 5.68. The molecule has 3 heteroatoms. The van der Waals surface area contributed by atoms with E-state index in [9.17, 15) is 4.39 Å². The molecule has 0 bridgehead atoms. The van der Waals surface area contributed by atoms with Gasteiger partial charge in [-0.25, -0.2) is 4.39 Å². The van der Waals surface area contributed by atoms with Gasteiger partial charge < -0.3 is 10.1 Å². The molecule has 2 nitrogen and oxygen atoms in total. The first-order chi connectivity index (χ1) is 8.24. The minimum atomic E-state index is -0.176. The molecule has 0 aromatic heterocycles. The summed E-state index contributed by atoms with van der Waals surface area (Å²) < 4.78 is 18.6. The van der Waals surface area contributed by atoms with Gasteiger partial charge in [0.05, 0.1) is 6.61 Å². The Balaban J connectivity index is 2.11. The van der Waals surface area contributed by atoms with E-state index in [0.29, 0.717) is 12.2 Å². The number of hydrogen-bond donors (Lipinski definition) is 1. The molecule has 1 aromatic rings. The van der Waals surface area contributed by atoms with E-state index in [1.165, 1.54) is 25.3 Å². The van der Waals surface area contributed by atoms with Gasteiger partial charge in [0.2, 0.25) is 0 Å². The predicted octanol–water partition coefficient (Wildman–Crippen LogP) is 3.29. The lowest BCUT2D eigenvalue weighted by Gasteiger charge is -2.07. The predicted molar refractivity (Wildman–Crippen MR) is 69.0 cm³/mol. The number of aryl methyl sites for hydroxylation is 1. The minimum Gasteiger partial charge on any atom is -0.494 e. The zero-order chi connectivity index (χ0) is 12.5. The Labute approximate surface area is 103 Å². The molecule has 0 aliphatic rings. The van der Waals surface area contributed by atoms with Crippen LogP contribution in [0.15, 0.2) is 18.2 Å². The number of benzene rings is 1. The molecule has 1 N–H and O–H groups in total.